The number of methoxy groups -OCH3 is 1. The molecule has 1 unspecified atom stereocenters. The molecule has 0 aliphatic heterocycles. The van der Waals surface area contributed by atoms with Crippen LogP contribution in [0.5, 0.6) is 11.5 Å². The van der Waals surface area contributed by atoms with Crippen molar-refractivity contribution in [1.82, 2.24) is 10.3 Å². The van der Waals surface area contributed by atoms with Gasteiger partial charge in [-0.25, -0.2) is 0 Å². The van der Waals surface area contributed by atoms with Crippen molar-refractivity contribution in [1.29, 1.82) is 0 Å². The normalized spacial score (nSPS) is 12.3. The number of ether oxygens (including phenoxy) is 1. The lowest BCUT2D eigenvalue weighted by Gasteiger charge is -2.16. The number of phenols is 1. The lowest BCUT2D eigenvalue weighted by atomic mass is 10.0. The molecule has 6 nitrogen and oxygen atoms in total. The molecule has 136 valence electrons. The Morgan fingerprint density at radius 2 is 2.00 bits per heavy atom. The van der Waals surface area contributed by atoms with Crippen molar-refractivity contribution in [2.45, 2.75) is 19.6 Å². The maximum absolute atomic E-state index is 11.5. The van der Waals surface area contributed by atoms with Gasteiger partial charge in [0.05, 0.1) is 18.7 Å². The molecule has 0 bridgehead atoms. The number of fused-ring (bicyclic) bond motifs is 1. The number of aliphatic hydroxyl groups is 1. The molecule has 0 spiro atoms. The van der Waals surface area contributed by atoms with Gasteiger partial charge in [-0.15, -0.1) is 0 Å². The van der Waals surface area contributed by atoms with Gasteiger partial charge in [0.25, 0.3) is 0 Å². The number of H-pyrrole nitrogens is 1. The van der Waals surface area contributed by atoms with E-state index in [2.05, 4.69) is 10.3 Å². The Kier molecular flexibility index (Phi) is 5.25. The molecule has 0 saturated carbocycles. The number of aryl methyl sites for hydroxylation is 1. The van der Waals surface area contributed by atoms with Gasteiger partial charge in [0.1, 0.15) is 11.5 Å². The van der Waals surface area contributed by atoms with E-state index >= 15 is 0 Å². The fourth-order valence-electron chi connectivity index (χ4n) is 3.00. The van der Waals surface area contributed by atoms with Gasteiger partial charge < -0.3 is 25.3 Å². The highest BCUT2D eigenvalue weighted by Crippen LogP contribution is 2.28. The molecule has 26 heavy (non-hydrogen) atoms. The van der Waals surface area contributed by atoms with Crippen molar-refractivity contribution in [2.75, 3.05) is 13.7 Å². The maximum atomic E-state index is 11.5. The second kappa shape index (κ2) is 7.59. The number of aliphatic hydroxyl groups excluding tert-OH is 1. The molecule has 0 aliphatic carbocycles. The van der Waals surface area contributed by atoms with Crippen molar-refractivity contribution >= 4 is 10.9 Å². The van der Waals surface area contributed by atoms with Crippen molar-refractivity contribution in [2.24, 2.45) is 0 Å². The number of nitrogens with one attached hydrogen (secondary N) is 2. The summed E-state index contributed by atoms with van der Waals surface area (Å²) >= 11 is 0. The molecule has 3 aromatic rings. The molecule has 0 fully saturated rings. The molecule has 3 rings (SSSR count). The van der Waals surface area contributed by atoms with Crippen LogP contribution in [-0.4, -0.2) is 28.9 Å². The first-order valence-electron chi connectivity index (χ1n) is 8.37. The smallest absolute Gasteiger partial charge is 0.248 e. The quantitative estimate of drug-likeness (QED) is 0.545. The average Bonchev–Trinajstić information content (AvgIpc) is 2.63. The summed E-state index contributed by atoms with van der Waals surface area (Å²) in [6, 6.07) is 12.1. The van der Waals surface area contributed by atoms with Crippen LogP contribution < -0.4 is 15.6 Å². The average molecular weight is 354 g/mol. The number of benzene rings is 2. The maximum Gasteiger partial charge on any atom is 0.248 e. The van der Waals surface area contributed by atoms with Crippen LogP contribution in [0.4, 0.5) is 0 Å². The Bertz CT molecular complexity index is 981. The van der Waals surface area contributed by atoms with E-state index in [0.717, 1.165) is 16.9 Å². The molecule has 0 aliphatic rings. The zero-order valence-corrected chi connectivity index (χ0v) is 14.7. The predicted molar refractivity (Wildman–Crippen MR) is 101 cm³/mol. The lowest BCUT2D eigenvalue weighted by molar-refractivity contribution is 0.175. The van der Waals surface area contributed by atoms with Crippen molar-refractivity contribution in [3.63, 3.8) is 0 Å². The second-order valence-electron chi connectivity index (χ2n) is 6.25. The summed E-state index contributed by atoms with van der Waals surface area (Å²) in [6.45, 7) is 2.87. The van der Waals surface area contributed by atoms with Crippen LogP contribution >= 0.6 is 0 Å². The fourth-order valence-corrected chi connectivity index (χ4v) is 3.00. The van der Waals surface area contributed by atoms with Crippen LogP contribution in [0.15, 0.2) is 47.3 Å². The SMILES string of the molecule is COc1cc(C)ccc1CNCC(O)c1ccc(O)c2[nH]c(=O)ccc12. The van der Waals surface area contributed by atoms with E-state index in [1.807, 2.05) is 25.1 Å². The van der Waals surface area contributed by atoms with E-state index < -0.39 is 6.10 Å². The lowest BCUT2D eigenvalue weighted by Crippen LogP contribution is -2.21. The van der Waals surface area contributed by atoms with Crippen LogP contribution in [0.1, 0.15) is 22.8 Å². The highest BCUT2D eigenvalue weighted by atomic mass is 16.5. The summed E-state index contributed by atoms with van der Waals surface area (Å²) in [6.07, 6.45) is -0.791. The van der Waals surface area contributed by atoms with Gasteiger partial charge in [-0.2, -0.15) is 0 Å². The van der Waals surface area contributed by atoms with E-state index in [-0.39, 0.29) is 11.3 Å². The molecular weight excluding hydrogens is 332 g/mol. The van der Waals surface area contributed by atoms with Gasteiger partial charge in [0.15, 0.2) is 0 Å². The molecule has 6 heteroatoms. The van der Waals surface area contributed by atoms with Crippen LogP contribution in [0.3, 0.4) is 0 Å². The molecule has 1 heterocycles. The number of aromatic hydroxyl groups is 1. The Morgan fingerprint density at radius 1 is 1.19 bits per heavy atom. The summed E-state index contributed by atoms with van der Waals surface area (Å²) in [7, 11) is 1.64. The van der Waals surface area contributed by atoms with Crippen molar-refractivity contribution in [3.8, 4) is 11.5 Å². The zero-order valence-electron chi connectivity index (χ0n) is 14.7. The second-order valence-corrected chi connectivity index (χ2v) is 6.25. The van der Waals surface area contributed by atoms with Crippen molar-refractivity contribution < 1.29 is 14.9 Å². The molecule has 1 aromatic heterocycles. The molecule has 0 amide bonds. The minimum atomic E-state index is -0.791. The summed E-state index contributed by atoms with van der Waals surface area (Å²) in [4.78, 5) is 14.1. The summed E-state index contributed by atoms with van der Waals surface area (Å²) in [5.74, 6) is 0.783. The molecule has 0 radical (unpaired) electrons. The third-order valence-corrected chi connectivity index (χ3v) is 4.36. The fraction of sp³-hybridized carbons (Fsp3) is 0.250. The van der Waals surface area contributed by atoms with E-state index in [4.69, 9.17) is 4.74 Å². The Morgan fingerprint density at radius 3 is 2.77 bits per heavy atom. The van der Waals surface area contributed by atoms with Crippen LogP contribution in [0.25, 0.3) is 10.9 Å². The van der Waals surface area contributed by atoms with Crippen molar-refractivity contribution in [3.05, 3.63) is 69.5 Å². The van der Waals surface area contributed by atoms with Gasteiger partial charge in [-0.1, -0.05) is 18.2 Å². The first-order chi connectivity index (χ1) is 12.5. The Balaban J connectivity index is 1.75. The zero-order chi connectivity index (χ0) is 18.7. The van der Waals surface area contributed by atoms with Crippen LogP contribution in [0, 0.1) is 6.92 Å². The number of hydrogen-bond donors (Lipinski definition) is 4. The Labute approximate surface area is 151 Å². The number of phenolic OH excluding ortho intramolecular Hbond substituents is 1. The topological polar surface area (TPSA) is 94.6 Å². The molecule has 2 aromatic carbocycles. The molecule has 4 N–H and O–H groups in total. The van der Waals surface area contributed by atoms with E-state index in [9.17, 15) is 15.0 Å². The van der Waals surface area contributed by atoms with E-state index in [1.54, 1.807) is 19.2 Å². The number of aromatic amines is 1. The van der Waals surface area contributed by atoms with Gasteiger partial charge in [-0.05, 0) is 36.2 Å². The number of hydrogen-bond acceptors (Lipinski definition) is 5. The minimum Gasteiger partial charge on any atom is -0.506 e. The van der Waals surface area contributed by atoms with Crippen LogP contribution in [0.2, 0.25) is 0 Å². The summed E-state index contributed by atoms with van der Waals surface area (Å²) < 4.78 is 5.39. The summed E-state index contributed by atoms with van der Waals surface area (Å²) in [5, 5.41) is 24.3. The monoisotopic (exact) mass is 354 g/mol. The Hall–Kier alpha value is -2.83. The largest absolute Gasteiger partial charge is 0.506 e. The van der Waals surface area contributed by atoms with E-state index in [1.165, 1.54) is 12.1 Å². The minimum absolute atomic E-state index is 0.0222. The van der Waals surface area contributed by atoms with Gasteiger partial charge in [0.2, 0.25) is 5.56 Å². The number of pyridine rings is 1. The number of aromatic nitrogens is 1. The first kappa shape index (κ1) is 18.0. The highest BCUT2D eigenvalue weighted by molar-refractivity contribution is 5.87. The first-order valence-corrected chi connectivity index (χ1v) is 8.37. The van der Waals surface area contributed by atoms with Gasteiger partial charge >= 0.3 is 0 Å². The molecular formula is C20H22N2O4. The van der Waals surface area contributed by atoms with E-state index in [0.29, 0.717) is 29.6 Å². The van der Waals surface area contributed by atoms with Gasteiger partial charge in [0, 0.05) is 30.1 Å². The predicted octanol–water partition coefficient (Wildman–Crippen LogP) is 2.37. The third kappa shape index (κ3) is 3.71. The standard InChI is InChI=1S/C20H22N2O4/c1-12-3-4-13(18(9-12)26-2)10-21-11-17(24)14-5-7-16(23)20-15(14)6-8-19(25)22-20/h3-9,17,21,23-24H,10-11H2,1-2H3,(H,22,25). The highest BCUT2D eigenvalue weighted by Gasteiger charge is 2.14. The third-order valence-electron chi connectivity index (χ3n) is 4.36. The van der Waals surface area contributed by atoms with Gasteiger partial charge in [-0.3, -0.25) is 4.79 Å². The van der Waals surface area contributed by atoms with Crippen LogP contribution in [-0.2, 0) is 6.54 Å². The molecule has 1 atom stereocenters. The molecule has 0 saturated heterocycles. The number of rotatable bonds is 6. The summed E-state index contributed by atoms with van der Waals surface area (Å²) in [5.41, 5.74) is 2.79.